The van der Waals surface area contributed by atoms with Crippen LogP contribution in [-0.2, 0) is 11.3 Å². The highest BCUT2D eigenvalue weighted by molar-refractivity contribution is 5.83. The van der Waals surface area contributed by atoms with Crippen LogP contribution >= 0.6 is 0 Å². The third-order valence-corrected chi connectivity index (χ3v) is 3.08. The second kappa shape index (κ2) is 4.61. The summed E-state index contributed by atoms with van der Waals surface area (Å²) in [5.41, 5.74) is 6.81. The van der Waals surface area contributed by atoms with Gasteiger partial charge in [0, 0.05) is 18.4 Å². The van der Waals surface area contributed by atoms with E-state index in [0.29, 0.717) is 6.54 Å². The summed E-state index contributed by atoms with van der Waals surface area (Å²) in [4.78, 5) is 17.4. The second-order valence-corrected chi connectivity index (χ2v) is 4.53. The number of carbonyl (C=O) groups excluding carboxylic acids is 1. The molecular weight excluding hydrogens is 202 g/mol. The van der Waals surface area contributed by atoms with Crippen LogP contribution < -0.4 is 5.73 Å². The highest BCUT2D eigenvalue weighted by Crippen LogP contribution is 2.16. The average Bonchev–Trinajstić information content (AvgIpc) is 2.21. The smallest absolute Gasteiger partial charge is 0.237 e. The van der Waals surface area contributed by atoms with Gasteiger partial charge in [-0.25, -0.2) is 0 Å². The van der Waals surface area contributed by atoms with Crippen LogP contribution in [0.4, 0.5) is 0 Å². The Hall–Kier alpha value is -1.42. The van der Waals surface area contributed by atoms with E-state index in [1.165, 1.54) is 0 Å². The average molecular weight is 221 g/mol. The summed E-state index contributed by atoms with van der Waals surface area (Å²) >= 11 is 0. The quantitative estimate of drug-likeness (QED) is 0.827. The van der Waals surface area contributed by atoms with Gasteiger partial charge >= 0.3 is 0 Å². The van der Waals surface area contributed by atoms with Gasteiger partial charge in [0.05, 0.1) is 5.54 Å². The van der Waals surface area contributed by atoms with Crippen LogP contribution in [0.1, 0.15) is 25.1 Å². The summed E-state index contributed by atoms with van der Waals surface area (Å²) in [6, 6.07) is 3.91. The van der Waals surface area contributed by atoms with Gasteiger partial charge in [-0.3, -0.25) is 14.7 Å². The van der Waals surface area contributed by atoms with Gasteiger partial charge < -0.3 is 5.73 Å². The highest BCUT2D eigenvalue weighted by atomic mass is 16.1. The molecule has 1 aromatic rings. The minimum atomic E-state index is -0.651. The van der Waals surface area contributed by atoms with Crippen molar-refractivity contribution in [3.05, 3.63) is 29.6 Å². The van der Waals surface area contributed by atoms with Gasteiger partial charge in [-0.05, 0) is 39.4 Å². The summed E-state index contributed by atoms with van der Waals surface area (Å²) in [7, 11) is 1.89. The topological polar surface area (TPSA) is 59.2 Å². The number of aromatic nitrogens is 1. The summed E-state index contributed by atoms with van der Waals surface area (Å²) in [6.45, 7) is 6.26. The molecular formula is C12H19N3O. The van der Waals surface area contributed by atoms with Crippen LogP contribution in [-0.4, -0.2) is 28.4 Å². The molecule has 0 aromatic carbocycles. The molecule has 16 heavy (non-hydrogen) atoms. The Bertz CT molecular complexity index is 388. The molecule has 4 nitrogen and oxygen atoms in total. The minimum absolute atomic E-state index is 0.323. The lowest BCUT2D eigenvalue weighted by Crippen LogP contribution is -2.51. The molecule has 0 saturated carbocycles. The number of hydrogen-bond donors (Lipinski definition) is 1. The molecule has 0 saturated heterocycles. The Morgan fingerprint density at radius 1 is 1.56 bits per heavy atom. The Kier molecular flexibility index (Phi) is 3.65. The third kappa shape index (κ3) is 2.58. The molecule has 0 fully saturated rings. The first-order valence-electron chi connectivity index (χ1n) is 5.27. The van der Waals surface area contributed by atoms with E-state index in [1.54, 1.807) is 6.20 Å². The van der Waals surface area contributed by atoms with E-state index in [4.69, 9.17) is 5.73 Å². The number of hydrogen-bond acceptors (Lipinski definition) is 3. The number of nitrogens with two attached hydrogens (primary N) is 1. The molecule has 2 N–H and O–H groups in total. The first-order chi connectivity index (χ1) is 7.35. The maximum Gasteiger partial charge on any atom is 0.237 e. The number of nitrogens with zero attached hydrogens (tertiary/aromatic N) is 2. The predicted octanol–water partition coefficient (Wildman–Crippen LogP) is 1.09. The number of primary amides is 1. The fourth-order valence-electron chi connectivity index (χ4n) is 1.33. The highest BCUT2D eigenvalue weighted by Gasteiger charge is 2.29. The van der Waals surface area contributed by atoms with Gasteiger partial charge in [0.15, 0.2) is 0 Å². The Balaban J connectivity index is 2.83. The molecule has 0 aliphatic heterocycles. The summed E-state index contributed by atoms with van der Waals surface area (Å²) in [5.74, 6) is -0.323. The van der Waals surface area contributed by atoms with Crippen LogP contribution in [0.2, 0.25) is 0 Å². The lowest BCUT2D eigenvalue weighted by molar-refractivity contribution is -0.127. The van der Waals surface area contributed by atoms with E-state index < -0.39 is 5.54 Å². The van der Waals surface area contributed by atoms with Gasteiger partial charge in [0.2, 0.25) is 5.91 Å². The zero-order chi connectivity index (χ0) is 12.3. The van der Waals surface area contributed by atoms with Crippen molar-refractivity contribution in [3.8, 4) is 0 Å². The SMILES string of the molecule is Cc1ncccc1CN(C)C(C)(C)C(N)=O. The molecule has 4 heteroatoms. The summed E-state index contributed by atoms with van der Waals surface area (Å²) in [6.07, 6.45) is 1.76. The fraction of sp³-hybridized carbons (Fsp3) is 0.500. The summed E-state index contributed by atoms with van der Waals surface area (Å²) in [5, 5.41) is 0. The number of likely N-dealkylation sites (N-methyl/N-ethyl adjacent to an activating group) is 1. The van der Waals surface area contributed by atoms with E-state index in [-0.39, 0.29) is 5.91 Å². The molecule has 0 atom stereocenters. The molecule has 1 rings (SSSR count). The number of amides is 1. The predicted molar refractivity (Wildman–Crippen MR) is 63.7 cm³/mol. The van der Waals surface area contributed by atoms with Gasteiger partial charge in [-0.2, -0.15) is 0 Å². The van der Waals surface area contributed by atoms with E-state index in [9.17, 15) is 4.79 Å². The first kappa shape index (κ1) is 12.6. The number of aryl methyl sites for hydroxylation is 1. The van der Waals surface area contributed by atoms with Crippen molar-refractivity contribution in [2.24, 2.45) is 5.73 Å². The van der Waals surface area contributed by atoms with Gasteiger partial charge in [0.25, 0.3) is 0 Å². The van der Waals surface area contributed by atoms with Gasteiger partial charge in [0.1, 0.15) is 0 Å². The molecule has 0 bridgehead atoms. The first-order valence-corrected chi connectivity index (χ1v) is 5.27. The lowest BCUT2D eigenvalue weighted by Gasteiger charge is -2.32. The van der Waals surface area contributed by atoms with Gasteiger partial charge in [-0.15, -0.1) is 0 Å². The van der Waals surface area contributed by atoms with E-state index in [0.717, 1.165) is 11.3 Å². The lowest BCUT2D eigenvalue weighted by atomic mass is 10.0. The van der Waals surface area contributed by atoms with Crippen molar-refractivity contribution in [2.75, 3.05) is 7.05 Å². The largest absolute Gasteiger partial charge is 0.368 e. The molecule has 0 aliphatic carbocycles. The summed E-state index contributed by atoms with van der Waals surface area (Å²) < 4.78 is 0. The van der Waals surface area contributed by atoms with Crippen LogP contribution in [0.3, 0.4) is 0 Å². The monoisotopic (exact) mass is 221 g/mol. The minimum Gasteiger partial charge on any atom is -0.368 e. The number of pyridine rings is 1. The van der Waals surface area contributed by atoms with Crippen LogP contribution in [0.25, 0.3) is 0 Å². The maximum atomic E-state index is 11.3. The van der Waals surface area contributed by atoms with Crippen molar-refractivity contribution in [2.45, 2.75) is 32.9 Å². The standard InChI is InChI=1S/C12H19N3O/c1-9-10(6-5-7-14-9)8-15(4)12(2,3)11(13)16/h5-7H,8H2,1-4H3,(H2,13,16). The van der Waals surface area contributed by atoms with Crippen molar-refractivity contribution in [1.29, 1.82) is 0 Å². The molecule has 1 aromatic heterocycles. The van der Waals surface area contributed by atoms with E-state index >= 15 is 0 Å². The Morgan fingerprint density at radius 2 is 2.19 bits per heavy atom. The fourth-order valence-corrected chi connectivity index (χ4v) is 1.33. The molecule has 88 valence electrons. The van der Waals surface area contributed by atoms with Crippen LogP contribution in [0, 0.1) is 6.92 Å². The Labute approximate surface area is 96.5 Å². The molecule has 0 unspecified atom stereocenters. The van der Waals surface area contributed by atoms with E-state index in [1.807, 2.05) is 44.9 Å². The molecule has 0 radical (unpaired) electrons. The molecule has 1 amide bonds. The molecule has 0 aliphatic rings. The number of carbonyl (C=O) groups is 1. The molecule has 1 heterocycles. The Morgan fingerprint density at radius 3 is 2.69 bits per heavy atom. The molecule has 0 spiro atoms. The zero-order valence-corrected chi connectivity index (χ0v) is 10.3. The zero-order valence-electron chi connectivity index (χ0n) is 10.3. The van der Waals surface area contributed by atoms with Crippen molar-refractivity contribution < 1.29 is 4.79 Å². The van der Waals surface area contributed by atoms with E-state index in [2.05, 4.69) is 4.98 Å². The van der Waals surface area contributed by atoms with Gasteiger partial charge in [-0.1, -0.05) is 6.07 Å². The van der Waals surface area contributed by atoms with Crippen molar-refractivity contribution in [1.82, 2.24) is 9.88 Å². The second-order valence-electron chi connectivity index (χ2n) is 4.53. The van der Waals surface area contributed by atoms with Crippen LogP contribution in [0.5, 0.6) is 0 Å². The van der Waals surface area contributed by atoms with Crippen molar-refractivity contribution in [3.63, 3.8) is 0 Å². The maximum absolute atomic E-state index is 11.3. The van der Waals surface area contributed by atoms with Crippen LogP contribution in [0.15, 0.2) is 18.3 Å². The van der Waals surface area contributed by atoms with Crippen molar-refractivity contribution >= 4 is 5.91 Å². The third-order valence-electron chi connectivity index (χ3n) is 3.08. The number of rotatable bonds is 4. The normalized spacial score (nSPS) is 11.8.